The zero-order valence-electron chi connectivity index (χ0n) is 12.0. The highest BCUT2D eigenvalue weighted by Gasteiger charge is 2.17. The van der Waals surface area contributed by atoms with E-state index in [1.807, 2.05) is 51.1 Å². The third-order valence-corrected chi connectivity index (χ3v) is 2.84. The van der Waals surface area contributed by atoms with Crippen LogP contribution >= 0.6 is 0 Å². The van der Waals surface area contributed by atoms with Gasteiger partial charge in [-0.15, -0.1) is 0 Å². The highest BCUT2D eigenvalue weighted by molar-refractivity contribution is 5.86. The van der Waals surface area contributed by atoms with Crippen molar-refractivity contribution in [3.63, 3.8) is 0 Å². The van der Waals surface area contributed by atoms with Crippen LogP contribution in [-0.4, -0.2) is 15.9 Å². The molecular formula is C17H22N2O2. The molecule has 0 spiro atoms. The van der Waals surface area contributed by atoms with E-state index in [9.17, 15) is 4.79 Å². The molecule has 0 aliphatic carbocycles. The smallest absolute Gasteiger partial charge is 0.358 e. The second-order valence-electron chi connectivity index (χ2n) is 5.60. The highest BCUT2D eigenvalue weighted by Crippen LogP contribution is 2.18. The molecule has 4 nitrogen and oxygen atoms in total. The van der Waals surface area contributed by atoms with E-state index < -0.39 is 5.97 Å². The molecule has 21 heavy (non-hydrogen) atoms. The van der Waals surface area contributed by atoms with E-state index in [0.29, 0.717) is 0 Å². The summed E-state index contributed by atoms with van der Waals surface area (Å²) < 4.78 is 5.20. The normalized spacial score (nSPS) is 10.6. The number of esters is 1. The number of ether oxygens (including phenoxy) is 1. The minimum Gasteiger partial charge on any atom is -0.456 e. The SMILES string of the molecule is C.CC(C)(C)c1cnc(C(=O)OCc2ccccc2)cn1. The first-order chi connectivity index (χ1) is 9.47. The molecule has 1 heterocycles. The molecule has 2 rings (SSSR count). The van der Waals surface area contributed by atoms with Crippen LogP contribution in [0.1, 0.15) is 49.9 Å². The monoisotopic (exact) mass is 286 g/mol. The average Bonchev–Trinajstić information content (AvgIpc) is 2.45. The van der Waals surface area contributed by atoms with E-state index in [4.69, 9.17) is 4.74 Å². The quantitative estimate of drug-likeness (QED) is 0.806. The zero-order valence-corrected chi connectivity index (χ0v) is 12.0. The van der Waals surface area contributed by atoms with E-state index >= 15 is 0 Å². The summed E-state index contributed by atoms with van der Waals surface area (Å²) in [6.07, 6.45) is 3.09. The first-order valence-corrected chi connectivity index (χ1v) is 6.50. The van der Waals surface area contributed by atoms with Crippen molar-refractivity contribution in [2.75, 3.05) is 0 Å². The zero-order chi connectivity index (χ0) is 14.6. The van der Waals surface area contributed by atoms with Gasteiger partial charge in [-0.1, -0.05) is 58.5 Å². The Labute approximate surface area is 126 Å². The first kappa shape index (κ1) is 16.8. The lowest BCUT2D eigenvalue weighted by Gasteiger charge is -2.16. The number of hydrogen-bond donors (Lipinski definition) is 0. The van der Waals surface area contributed by atoms with Crippen molar-refractivity contribution in [2.24, 2.45) is 0 Å². The number of nitrogens with zero attached hydrogens (tertiary/aromatic N) is 2. The van der Waals surface area contributed by atoms with E-state index in [0.717, 1.165) is 11.3 Å². The van der Waals surface area contributed by atoms with Crippen LogP contribution in [0.25, 0.3) is 0 Å². The Balaban J connectivity index is 0.00000220. The molecule has 0 saturated heterocycles. The predicted molar refractivity (Wildman–Crippen MR) is 83.0 cm³/mol. The van der Waals surface area contributed by atoms with Gasteiger partial charge in [-0.3, -0.25) is 4.98 Å². The molecule has 1 aromatic heterocycles. The van der Waals surface area contributed by atoms with Crippen molar-refractivity contribution >= 4 is 5.97 Å². The van der Waals surface area contributed by atoms with Crippen molar-refractivity contribution in [3.8, 4) is 0 Å². The summed E-state index contributed by atoms with van der Waals surface area (Å²) in [5.74, 6) is -0.457. The van der Waals surface area contributed by atoms with Crippen LogP contribution in [0.3, 0.4) is 0 Å². The van der Waals surface area contributed by atoms with Gasteiger partial charge in [0.2, 0.25) is 0 Å². The molecule has 0 saturated carbocycles. The first-order valence-electron chi connectivity index (χ1n) is 6.50. The molecule has 112 valence electrons. The largest absolute Gasteiger partial charge is 0.456 e. The summed E-state index contributed by atoms with van der Waals surface area (Å²) in [5, 5.41) is 0. The maximum atomic E-state index is 11.9. The Hall–Kier alpha value is -2.23. The summed E-state index contributed by atoms with van der Waals surface area (Å²) in [7, 11) is 0. The number of rotatable bonds is 3. The third kappa shape index (κ3) is 4.67. The number of carbonyl (C=O) groups is 1. The molecule has 4 heteroatoms. The van der Waals surface area contributed by atoms with E-state index in [1.54, 1.807) is 6.20 Å². The van der Waals surface area contributed by atoms with Crippen LogP contribution in [0.2, 0.25) is 0 Å². The van der Waals surface area contributed by atoms with Crippen LogP contribution in [0.4, 0.5) is 0 Å². The van der Waals surface area contributed by atoms with Crippen molar-refractivity contribution in [1.82, 2.24) is 9.97 Å². The van der Waals surface area contributed by atoms with Crippen molar-refractivity contribution in [1.29, 1.82) is 0 Å². The van der Waals surface area contributed by atoms with Crippen LogP contribution in [0.5, 0.6) is 0 Å². The minimum atomic E-state index is -0.457. The molecule has 2 aromatic rings. The molecule has 0 radical (unpaired) electrons. The van der Waals surface area contributed by atoms with E-state index in [-0.39, 0.29) is 25.1 Å². The fraction of sp³-hybridized carbons (Fsp3) is 0.353. The van der Waals surface area contributed by atoms with Crippen LogP contribution in [-0.2, 0) is 16.8 Å². The van der Waals surface area contributed by atoms with Gasteiger partial charge < -0.3 is 4.74 Å². The Morgan fingerprint density at radius 3 is 2.29 bits per heavy atom. The second kappa shape index (κ2) is 6.97. The van der Waals surface area contributed by atoms with Crippen LogP contribution in [0.15, 0.2) is 42.7 Å². The Kier molecular flexibility index (Phi) is 5.59. The highest BCUT2D eigenvalue weighted by atomic mass is 16.5. The fourth-order valence-corrected chi connectivity index (χ4v) is 1.62. The van der Waals surface area contributed by atoms with E-state index in [1.165, 1.54) is 6.20 Å². The lowest BCUT2D eigenvalue weighted by molar-refractivity contribution is 0.0465. The maximum Gasteiger partial charge on any atom is 0.358 e. The Bertz CT molecular complexity index is 572. The molecule has 0 unspecified atom stereocenters. The van der Waals surface area contributed by atoms with Crippen molar-refractivity contribution in [3.05, 3.63) is 59.7 Å². The maximum absolute atomic E-state index is 11.9. The van der Waals surface area contributed by atoms with Gasteiger partial charge in [0, 0.05) is 11.6 Å². The number of benzene rings is 1. The fourth-order valence-electron chi connectivity index (χ4n) is 1.62. The lowest BCUT2D eigenvalue weighted by Crippen LogP contribution is -2.16. The van der Waals surface area contributed by atoms with Crippen molar-refractivity contribution < 1.29 is 9.53 Å². The van der Waals surface area contributed by atoms with Gasteiger partial charge in [0.05, 0.1) is 11.9 Å². The number of carbonyl (C=O) groups excluding carboxylic acids is 1. The van der Waals surface area contributed by atoms with Crippen LogP contribution in [0, 0.1) is 0 Å². The molecular weight excluding hydrogens is 264 g/mol. The van der Waals surface area contributed by atoms with Gasteiger partial charge in [-0.2, -0.15) is 0 Å². The van der Waals surface area contributed by atoms with Gasteiger partial charge in [-0.25, -0.2) is 9.78 Å². The minimum absolute atomic E-state index is 0. The molecule has 0 bridgehead atoms. The summed E-state index contributed by atoms with van der Waals surface area (Å²) >= 11 is 0. The van der Waals surface area contributed by atoms with E-state index in [2.05, 4.69) is 9.97 Å². The topological polar surface area (TPSA) is 52.1 Å². The molecule has 0 aliphatic heterocycles. The Morgan fingerprint density at radius 1 is 1.10 bits per heavy atom. The van der Waals surface area contributed by atoms with Crippen LogP contribution < -0.4 is 0 Å². The third-order valence-electron chi connectivity index (χ3n) is 2.84. The summed E-state index contributed by atoms with van der Waals surface area (Å²) in [5.41, 5.74) is 1.94. The molecule has 0 amide bonds. The molecule has 1 aromatic carbocycles. The van der Waals surface area contributed by atoms with Gasteiger partial charge >= 0.3 is 5.97 Å². The molecule has 0 N–H and O–H groups in total. The number of aromatic nitrogens is 2. The summed E-state index contributed by atoms with van der Waals surface area (Å²) in [6.45, 7) is 6.38. The van der Waals surface area contributed by atoms with Gasteiger partial charge in [0.15, 0.2) is 5.69 Å². The molecule has 0 aliphatic rings. The lowest BCUT2D eigenvalue weighted by atomic mass is 9.93. The van der Waals surface area contributed by atoms with Gasteiger partial charge in [0.25, 0.3) is 0 Å². The van der Waals surface area contributed by atoms with Crippen molar-refractivity contribution in [2.45, 2.75) is 40.2 Å². The molecule has 0 fully saturated rings. The molecule has 0 atom stereocenters. The average molecular weight is 286 g/mol. The summed E-state index contributed by atoms with van der Waals surface area (Å²) in [4.78, 5) is 20.2. The number of hydrogen-bond acceptors (Lipinski definition) is 4. The summed E-state index contributed by atoms with van der Waals surface area (Å²) in [6, 6.07) is 9.54. The second-order valence-corrected chi connectivity index (χ2v) is 5.60. The van der Waals surface area contributed by atoms with Gasteiger partial charge in [-0.05, 0) is 5.56 Å². The predicted octanol–water partition coefficient (Wildman–Crippen LogP) is 3.77. The Morgan fingerprint density at radius 2 is 1.76 bits per heavy atom. The standard InChI is InChI=1S/C16H18N2O2.CH4/c1-16(2,3)14-10-17-13(9-18-14)15(19)20-11-12-7-5-4-6-8-12;/h4-10H,11H2,1-3H3;1H4. The van der Waals surface area contributed by atoms with Gasteiger partial charge in [0.1, 0.15) is 6.61 Å².